The van der Waals surface area contributed by atoms with Crippen molar-refractivity contribution in [2.45, 2.75) is 45.4 Å². The topological polar surface area (TPSA) is 42.0 Å². The molecule has 3 nitrogen and oxygen atoms in total. The van der Waals surface area contributed by atoms with Crippen LogP contribution in [-0.2, 0) is 23.1 Å². The number of carbonyl (C=O) groups excluding carboxylic acids is 1. The third kappa shape index (κ3) is 5.85. The average molecular weight is 310 g/mol. The molecule has 0 bridgehead atoms. The van der Waals surface area contributed by atoms with Gasteiger partial charge in [0.05, 0.1) is 0 Å². The van der Waals surface area contributed by atoms with Gasteiger partial charge < -0.3 is 5.32 Å². The third-order valence-electron chi connectivity index (χ3n) is 3.89. The van der Waals surface area contributed by atoms with Crippen LogP contribution >= 0.6 is 0 Å². The maximum atomic E-state index is 11.9. The normalized spacial score (nSPS) is 11.3. The van der Waals surface area contributed by atoms with Crippen molar-refractivity contribution >= 4 is 5.91 Å². The van der Waals surface area contributed by atoms with Crippen molar-refractivity contribution < 1.29 is 4.79 Å². The first-order valence-electron chi connectivity index (χ1n) is 8.21. The van der Waals surface area contributed by atoms with Gasteiger partial charge in [-0.25, -0.2) is 0 Å². The zero-order valence-electron chi connectivity index (χ0n) is 14.3. The zero-order valence-corrected chi connectivity index (χ0v) is 14.3. The molecule has 0 aliphatic rings. The zero-order chi connectivity index (χ0) is 16.7. The van der Waals surface area contributed by atoms with E-state index in [1.807, 2.05) is 18.2 Å². The van der Waals surface area contributed by atoms with Crippen molar-refractivity contribution in [1.29, 1.82) is 0 Å². The largest absolute Gasteiger partial charge is 0.356 e. The SMILES string of the molecule is CC(C)(C)c1ccc(CCC(=O)NCCc2ccccn2)cc1. The Bertz CT molecular complexity index is 612. The lowest BCUT2D eigenvalue weighted by molar-refractivity contribution is -0.121. The predicted molar refractivity (Wildman–Crippen MR) is 94.4 cm³/mol. The Labute approximate surface area is 139 Å². The molecule has 0 atom stereocenters. The second-order valence-corrected chi connectivity index (χ2v) is 6.87. The van der Waals surface area contributed by atoms with Gasteiger partial charge >= 0.3 is 0 Å². The molecule has 1 heterocycles. The molecule has 0 fully saturated rings. The van der Waals surface area contributed by atoms with Gasteiger partial charge in [0.25, 0.3) is 0 Å². The lowest BCUT2D eigenvalue weighted by Gasteiger charge is -2.19. The average Bonchev–Trinajstić information content (AvgIpc) is 2.53. The van der Waals surface area contributed by atoms with Crippen LogP contribution in [0.15, 0.2) is 48.7 Å². The smallest absolute Gasteiger partial charge is 0.220 e. The molecule has 1 N–H and O–H groups in total. The number of amides is 1. The Hall–Kier alpha value is -2.16. The number of hydrogen-bond donors (Lipinski definition) is 1. The minimum absolute atomic E-state index is 0.0980. The van der Waals surface area contributed by atoms with Crippen LogP contribution in [-0.4, -0.2) is 17.4 Å². The molecule has 1 amide bonds. The molecule has 0 aliphatic heterocycles. The number of benzene rings is 1. The summed E-state index contributed by atoms with van der Waals surface area (Å²) in [6.45, 7) is 7.25. The summed E-state index contributed by atoms with van der Waals surface area (Å²) >= 11 is 0. The standard InChI is InChI=1S/C20H26N2O/c1-20(2,3)17-10-7-16(8-11-17)9-12-19(23)22-15-13-18-6-4-5-14-21-18/h4-8,10-11,14H,9,12-13,15H2,1-3H3,(H,22,23). The molecule has 0 radical (unpaired) electrons. The Morgan fingerprint density at radius 1 is 1.04 bits per heavy atom. The van der Waals surface area contributed by atoms with Crippen molar-refractivity contribution in [3.8, 4) is 0 Å². The number of pyridine rings is 1. The summed E-state index contributed by atoms with van der Waals surface area (Å²) in [6.07, 6.45) is 3.85. The fraction of sp³-hybridized carbons (Fsp3) is 0.400. The van der Waals surface area contributed by atoms with Crippen LogP contribution in [0.4, 0.5) is 0 Å². The molecular weight excluding hydrogens is 284 g/mol. The van der Waals surface area contributed by atoms with Crippen molar-refractivity contribution in [1.82, 2.24) is 10.3 Å². The summed E-state index contributed by atoms with van der Waals surface area (Å²) < 4.78 is 0. The number of aryl methyl sites for hydroxylation is 1. The van der Waals surface area contributed by atoms with Crippen LogP contribution in [0.25, 0.3) is 0 Å². The van der Waals surface area contributed by atoms with Gasteiger partial charge in [-0.3, -0.25) is 9.78 Å². The van der Waals surface area contributed by atoms with Crippen molar-refractivity contribution in [3.05, 3.63) is 65.5 Å². The first-order chi connectivity index (χ1) is 10.9. The van der Waals surface area contributed by atoms with Crippen molar-refractivity contribution in [3.63, 3.8) is 0 Å². The van der Waals surface area contributed by atoms with Crippen LogP contribution in [0, 0.1) is 0 Å². The van der Waals surface area contributed by atoms with Gasteiger partial charge in [-0.2, -0.15) is 0 Å². The Balaban J connectivity index is 1.72. The Kier molecular flexibility index (Phi) is 5.91. The van der Waals surface area contributed by atoms with E-state index in [-0.39, 0.29) is 11.3 Å². The summed E-state index contributed by atoms with van der Waals surface area (Å²) in [7, 11) is 0. The monoisotopic (exact) mass is 310 g/mol. The molecule has 1 aromatic heterocycles. The van der Waals surface area contributed by atoms with Gasteiger partial charge in [0, 0.05) is 31.3 Å². The Morgan fingerprint density at radius 2 is 1.78 bits per heavy atom. The summed E-state index contributed by atoms with van der Waals surface area (Å²) in [5, 5.41) is 2.96. The molecule has 1 aromatic carbocycles. The van der Waals surface area contributed by atoms with Crippen LogP contribution in [0.1, 0.15) is 44.0 Å². The molecule has 2 aromatic rings. The van der Waals surface area contributed by atoms with E-state index in [1.165, 1.54) is 11.1 Å². The van der Waals surface area contributed by atoms with Gasteiger partial charge in [0.2, 0.25) is 5.91 Å². The highest BCUT2D eigenvalue weighted by atomic mass is 16.1. The van der Waals surface area contributed by atoms with Crippen LogP contribution in [0.2, 0.25) is 0 Å². The quantitative estimate of drug-likeness (QED) is 0.884. The van der Waals surface area contributed by atoms with Crippen molar-refractivity contribution in [2.75, 3.05) is 6.54 Å². The first kappa shape index (κ1) is 17.2. The lowest BCUT2D eigenvalue weighted by Crippen LogP contribution is -2.26. The number of aromatic nitrogens is 1. The molecular formula is C20H26N2O. The summed E-state index contributed by atoms with van der Waals surface area (Å²) in [5.41, 5.74) is 3.70. The van der Waals surface area contributed by atoms with E-state index in [0.29, 0.717) is 13.0 Å². The minimum atomic E-state index is 0.0980. The number of hydrogen-bond acceptors (Lipinski definition) is 2. The van der Waals surface area contributed by atoms with Gasteiger partial charge in [0.1, 0.15) is 0 Å². The number of carbonyl (C=O) groups is 1. The van der Waals surface area contributed by atoms with Crippen LogP contribution < -0.4 is 5.32 Å². The van der Waals surface area contributed by atoms with E-state index in [0.717, 1.165) is 18.5 Å². The highest BCUT2D eigenvalue weighted by Gasteiger charge is 2.12. The fourth-order valence-corrected chi connectivity index (χ4v) is 2.39. The summed E-state index contributed by atoms with van der Waals surface area (Å²) in [6, 6.07) is 14.4. The molecule has 0 saturated heterocycles. The van der Waals surface area contributed by atoms with E-state index < -0.39 is 0 Å². The van der Waals surface area contributed by atoms with Crippen LogP contribution in [0.3, 0.4) is 0 Å². The summed E-state index contributed by atoms with van der Waals surface area (Å²) in [4.78, 5) is 16.1. The predicted octanol–water partition coefficient (Wildman–Crippen LogP) is 3.67. The fourth-order valence-electron chi connectivity index (χ4n) is 2.39. The molecule has 0 saturated carbocycles. The van der Waals surface area contributed by atoms with Crippen molar-refractivity contribution in [2.24, 2.45) is 0 Å². The number of nitrogens with one attached hydrogen (secondary N) is 1. The van der Waals surface area contributed by atoms with Crippen LogP contribution in [0.5, 0.6) is 0 Å². The molecule has 122 valence electrons. The van der Waals surface area contributed by atoms with E-state index in [2.05, 4.69) is 55.3 Å². The third-order valence-corrected chi connectivity index (χ3v) is 3.89. The second kappa shape index (κ2) is 7.91. The Morgan fingerprint density at radius 3 is 2.39 bits per heavy atom. The lowest BCUT2D eigenvalue weighted by atomic mass is 9.86. The van der Waals surface area contributed by atoms with E-state index in [9.17, 15) is 4.79 Å². The maximum absolute atomic E-state index is 11.9. The number of rotatable bonds is 6. The first-order valence-corrected chi connectivity index (χ1v) is 8.21. The maximum Gasteiger partial charge on any atom is 0.220 e. The van der Waals surface area contributed by atoms with Gasteiger partial charge in [0.15, 0.2) is 0 Å². The molecule has 0 spiro atoms. The minimum Gasteiger partial charge on any atom is -0.356 e. The molecule has 0 aliphatic carbocycles. The van der Waals surface area contributed by atoms with Gasteiger partial charge in [-0.1, -0.05) is 51.1 Å². The molecule has 3 heteroatoms. The van der Waals surface area contributed by atoms with Gasteiger partial charge in [-0.15, -0.1) is 0 Å². The summed E-state index contributed by atoms with van der Waals surface area (Å²) in [5.74, 6) is 0.0980. The number of nitrogens with zero attached hydrogens (tertiary/aromatic N) is 1. The second-order valence-electron chi connectivity index (χ2n) is 6.87. The molecule has 23 heavy (non-hydrogen) atoms. The highest BCUT2D eigenvalue weighted by Crippen LogP contribution is 2.22. The van der Waals surface area contributed by atoms with Gasteiger partial charge in [-0.05, 0) is 35.1 Å². The highest BCUT2D eigenvalue weighted by molar-refractivity contribution is 5.76. The van der Waals surface area contributed by atoms with E-state index >= 15 is 0 Å². The van der Waals surface area contributed by atoms with E-state index in [4.69, 9.17) is 0 Å². The molecule has 0 unspecified atom stereocenters. The van der Waals surface area contributed by atoms with E-state index in [1.54, 1.807) is 6.20 Å². The molecule has 2 rings (SSSR count).